The van der Waals surface area contributed by atoms with Crippen molar-refractivity contribution in [3.8, 4) is 0 Å². The van der Waals surface area contributed by atoms with Crippen molar-refractivity contribution in [2.45, 2.75) is 13.3 Å². The van der Waals surface area contributed by atoms with Crippen molar-refractivity contribution >= 4 is 28.4 Å². The number of amides is 1. The van der Waals surface area contributed by atoms with Crippen molar-refractivity contribution < 1.29 is 4.79 Å². The van der Waals surface area contributed by atoms with Gasteiger partial charge in [-0.05, 0) is 49.2 Å². The fraction of sp³-hybridized carbons (Fsp3) is 0.136. The number of nitrogens with zero attached hydrogens (tertiary/aromatic N) is 2. The third kappa shape index (κ3) is 4.01. The maximum absolute atomic E-state index is 12.3. The van der Waals surface area contributed by atoms with E-state index in [9.17, 15) is 4.79 Å². The second-order valence-electron chi connectivity index (χ2n) is 6.66. The molecule has 0 atom stereocenters. The first-order chi connectivity index (χ1) is 13.7. The molecule has 0 saturated heterocycles. The summed E-state index contributed by atoms with van der Waals surface area (Å²) in [5, 5.41) is 15.5. The third-order valence-electron chi connectivity index (χ3n) is 4.56. The number of carbonyl (C=O) groups excluding carboxylic acids is 1. The smallest absolute Gasteiger partial charge is 0.256 e. The van der Waals surface area contributed by atoms with E-state index < -0.39 is 0 Å². The van der Waals surface area contributed by atoms with Crippen molar-refractivity contribution in [3.05, 3.63) is 83.6 Å². The number of hydrogen-bond donors (Lipinski definition) is 3. The van der Waals surface area contributed by atoms with Crippen molar-refractivity contribution in [1.82, 2.24) is 15.2 Å². The van der Waals surface area contributed by atoms with Gasteiger partial charge in [0, 0.05) is 29.2 Å². The largest absolute Gasteiger partial charge is 0.368 e. The second kappa shape index (κ2) is 7.92. The van der Waals surface area contributed by atoms with Crippen LogP contribution in [0.5, 0.6) is 0 Å². The highest BCUT2D eigenvalue weighted by molar-refractivity contribution is 6.03. The molecule has 1 amide bonds. The molecule has 2 aromatic heterocycles. The number of carbonyl (C=O) groups is 1. The summed E-state index contributed by atoms with van der Waals surface area (Å²) >= 11 is 0. The first-order valence-corrected chi connectivity index (χ1v) is 9.20. The summed E-state index contributed by atoms with van der Waals surface area (Å²) in [5.41, 5.74) is 4.04. The standard InChI is InChI=1S/C22H21N5O/c1-15-5-4-6-16(13-15)22(28)25-21-10-9-20(26-27-21)23-12-11-17-14-24-19-8-3-2-7-18(17)19/h2-10,13-14,24H,11-12H2,1H3,(H,23,26)(H,25,27,28). The number of fused-ring (bicyclic) bond motifs is 1. The van der Waals surface area contributed by atoms with Gasteiger partial charge in [0.25, 0.3) is 5.91 Å². The van der Waals surface area contributed by atoms with E-state index in [0.717, 1.165) is 24.0 Å². The topological polar surface area (TPSA) is 82.7 Å². The van der Waals surface area contributed by atoms with E-state index in [1.807, 2.05) is 49.5 Å². The van der Waals surface area contributed by atoms with Crippen LogP contribution in [0.15, 0.2) is 66.9 Å². The lowest BCUT2D eigenvalue weighted by Crippen LogP contribution is -2.14. The molecule has 2 heterocycles. The first kappa shape index (κ1) is 17.7. The molecular weight excluding hydrogens is 350 g/mol. The van der Waals surface area contributed by atoms with Gasteiger partial charge in [0.1, 0.15) is 5.82 Å². The normalized spacial score (nSPS) is 10.8. The van der Waals surface area contributed by atoms with Crippen molar-refractivity contribution in [2.75, 3.05) is 17.2 Å². The fourth-order valence-corrected chi connectivity index (χ4v) is 3.13. The van der Waals surface area contributed by atoms with E-state index in [2.05, 4.69) is 37.9 Å². The zero-order chi connectivity index (χ0) is 19.3. The molecule has 28 heavy (non-hydrogen) atoms. The summed E-state index contributed by atoms with van der Waals surface area (Å²) in [7, 11) is 0. The van der Waals surface area contributed by atoms with Gasteiger partial charge in [-0.1, -0.05) is 35.9 Å². The maximum atomic E-state index is 12.3. The average molecular weight is 371 g/mol. The van der Waals surface area contributed by atoms with Crippen LogP contribution >= 0.6 is 0 Å². The molecule has 0 spiro atoms. The molecule has 4 aromatic rings. The summed E-state index contributed by atoms with van der Waals surface area (Å²) in [6.45, 7) is 2.69. The van der Waals surface area contributed by atoms with Crippen LogP contribution in [0.25, 0.3) is 10.9 Å². The van der Waals surface area contributed by atoms with Gasteiger partial charge >= 0.3 is 0 Å². The molecule has 0 bridgehead atoms. The number of para-hydroxylation sites is 1. The summed E-state index contributed by atoms with van der Waals surface area (Å²) in [4.78, 5) is 15.5. The zero-order valence-electron chi connectivity index (χ0n) is 15.6. The minimum atomic E-state index is -0.196. The van der Waals surface area contributed by atoms with Crippen LogP contribution < -0.4 is 10.6 Å². The minimum Gasteiger partial charge on any atom is -0.368 e. The van der Waals surface area contributed by atoms with Crippen molar-refractivity contribution in [3.63, 3.8) is 0 Å². The van der Waals surface area contributed by atoms with Gasteiger partial charge in [-0.15, -0.1) is 10.2 Å². The van der Waals surface area contributed by atoms with E-state index in [1.54, 1.807) is 12.1 Å². The summed E-state index contributed by atoms with van der Waals surface area (Å²) in [6, 6.07) is 19.2. The van der Waals surface area contributed by atoms with Crippen LogP contribution in [0.1, 0.15) is 21.5 Å². The van der Waals surface area contributed by atoms with Gasteiger partial charge in [-0.2, -0.15) is 0 Å². The Kier molecular flexibility index (Phi) is 5.01. The van der Waals surface area contributed by atoms with Gasteiger partial charge < -0.3 is 15.6 Å². The second-order valence-corrected chi connectivity index (χ2v) is 6.66. The molecule has 0 unspecified atom stereocenters. The zero-order valence-corrected chi connectivity index (χ0v) is 15.6. The van der Waals surface area contributed by atoms with Crippen molar-refractivity contribution in [2.24, 2.45) is 0 Å². The van der Waals surface area contributed by atoms with E-state index in [4.69, 9.17) is 0 Å². The molecule has 0 saturated carbocycles. The van der Waals surface area contributed by atoms with E-state index in [1.165, 1.54) is 10.9 Å². The van der Waals surface area contributed by atoms with Crippen LogP contribution in [-0.4, -0.2) is 27.6 Å². The molecule has 0 aliphatic rings. The lowest BCUT2D eigenvalue weighted by molar-refractivity contribution is 0.102. The molecule has 0 fully saturated rings. The number of nitrogens with one attached hydrogen (secondary N) is 3. The number of aromatic amines is 1. The van der Waals surface area contributed by atoms with E-state index in [-0.39, 0.29) is 5.91 Å². The highest BCUT2D eigenvalue weighted by atomic mass is 16.1. The number of benzene rings is 2. The van der Waals surface area contributed by atoms with Crippen LogP contribution in [-0.2, 0) is 6.42 Å². The fourth-order valence-electron chi connectivity index (χ4n) is 3.13. The first-order valence-electron chi connectivity index (χ1n) is 9.20. The lowest BCUT2D eigenvalue weighted by Gasteiger charge is -2.07. The Labute approximate surface area is 163 Å². The van der Waals surface area contributed by atoms with Gasteiger partial charge in [0.15, 0.2) is 5.82 Å². The molecule has 140 valence electrons. The number of hydrogen-bond acceptors (Lipinski definition) is 4. The van der Waals surface area contributed by atoms with Gasteiger partial charge in [-0.3, -0.25) is 4.79 Å². The van der Waals surface area contributed by atoms with Gasteiger partial charge in [0.2, 0.25) is 0 Å². The molecule has 3 N–H and O–H groups in total. The van der Waals surface area contributed by atoms with Gasteiger partial charge in [-0.25, -0.2) is 0 Å². The number of aryl methyl sites for hydroxylation is 1. The Morgan fingerprint density at radius 2 is 1.82 bits per heavy atom. The van der Waals surface area contributed by atoms with Crippen LogP contribution in [0, 0.1) is 6.92 Å². The minimum absolute atomic E-state index is 0.196. The molecule has 0 radical (unpaired) electrons. The molecule has 6 heteroatoms. The highest BCUT2D eigenvalue weighted by Gasteiger charge is 2.08. The molecule has 0 aliphatic carbocycles. The predicted octanol–water partition coefficient (Wildman–Crippen LogP) is 4.17. The quantitative estimate of drug-likeness (QED) is 0.475. The lowest BCUT2D eigenvalue weighted by atomic mass is 10.1. The van der Waals surface area contributed by atoms with Crippen molar-refractivity contribution in [1.29, 1.82) is 0 Å². The summed E-state index contributed by atoms with van der Waals surface area (Å²) in [6.07, 6.45) is 2.92. The average Bonchev–Trinajstić information content (AvgIpc) is 3.12. The Hall–Kier alpha value is -3.67. The number of aromatic nitrogens is 3. The van der Waals surface area contributed by atoms with E-state index >= 15 is 0 Å². The Morgan fingerprint density at radius 3 is 2.64 bits per heavy atom. The van der Waals surface area contributed by atoms with E-state index in [0.29, 0.717) is 17.2 Å². The van der Waals surface area contributed by atoms with Crippen LogP contribution in [0.3, 0.4) is 0 Å². The number of H-pyrrole nitrogens is 1. The predicted molar refractivity (Wildman–Crippen MR) is 112 cm³/mol. The molecule has 4 rings (SSSR count). The molecule has 6 nitrogen and oxygen atoms in total. The van der Waals surface area contributed by atoms with Crippen LogP contribution in [0.2, 0.25) is 0 Å². The molecule has 0 aliphatic heterocycles. The maximum Gasteiger partial charge on any atom is 0.256 e. The summed E-state index contributed by atoms with van der Waals surface area (Å²) in [5.74, 6) is 0.903. The monoisotopic (exact) mass is 371 g/mol. The summed E-state index contributed by atoms with van der Waals surface area (Å²) < 4.78 is 0. The number of anilines is 2. The molecular formula is C22H21N5O. The SMILES string of the molecule is Cc1cccc(C(=O)Nc2ccc(NCCc3c[nH]c4ccccc34)nn2)c1. The molecule has 2 aromatic carbocycles. The third-order valence-corrected chi connectivity index (χ3v) is 4.56. The van der Waals surface area contributed by atoms with Crippen LogP contribution in [0.4, 0.5) is 11.6 Å². The Morgan fingerprint density at radius 1 is 1.00 bits per heavy atom. The highest BCUT2D eigenvalue weighted by Crippen LogP contribution is 2.18. The number of rotatable bonds is 6. The Bertz CT molecular complexity index is 1100. The van der Waals surface area contributed by atoms with Gasteiger partial charge in [0.05, 0.1) is 0 Å². The Balaban J connectivity index is 1.32.